The van der Waals surface area contributed by atoms with Crippen LogP contribution in [0.1, 0.15) is 13.8 Å². The fourth-order valence-corrected chi connectivity index (χ4v) is 2.50. The van der Waals surface area contributed by atoms with Gasteiger partial charge in [0.25, 0.3) is 5.91 Å². The van der Waals surface area contributed by atoms with Gasteiger partial charge in [0.15, 0.2) is 0 Å². The summed E-state index contributed by atoms with van der Waals surface area (Å²) in [6.45, 7) is 3.33. The van der Waals surface area contributed by atoms with E-state index in [1.54, 1.807) is 18.5 Å². The van der Waals surface area contributed by atoms with E-state index in [2.05, 4.69) is 15.6 Å². The number of aliphatic hydroxyl groups excluding tert-OH is 1. The van der Waals surface area contributed by atoms with Crippen molar-refractivity contribution in [2.75, 3.05) is 6.54 Å². The highest BCUT2D eigenvalue weighted by Crippen LogP contribution is 2.17. The summed E-state index contributed by atoms with van der Waals surface area (Å²) >= 11 is 0. The van der Waals surface area contributed by atoms with Crippen molar-refractivity contribution in [2.45, 2.75) is 32.0 Å². The predicted molar refractivity (Wildman–Crippen MR) is 77.9 cm³/mol. The first-order valence-corrected chi connectivity index (χ1v) is 6.99. The highest BCUT2D eigenvalue weighted by molar-refractivity contribution is 6.06. The van der Waals surface area contributed by atoms with Crippen molar-refractivity contribution < 1.29 is 14.7 Å². The van der Waals surface area contributed by atoms with E-state index in [1.165, 1.54) is 0 Å². The summed E-state index contributed by atoms with van der Waals surface area (Å²) < 4.78 is 1.56. The number of imide groups is 1. The summed E-state index contributed by atoms with van der Waals surface area (Å²) in [4.78, 5) is 24.9. The monoisotopic (exact) mass is 303 g/mol. The second-order valence-corrected chi connectivity index (χ2v) is 5.89. The molecule has 116 valence electrons. The molecule has 1 aromatic heterocycles. The lowest BCUT2D eigenvalue weighted by Crippen LogP contribution is -2.42. The van der Waals surface area contributed by atoms with E-state index in [9.17, 15) is 14.7 Å². The Morgan fingerprint density at radius 3 is 2.68 bits per heavy atom. The largest absolute Gasteiger partial charge is 0.389 e. The maximum Gasteiger partial charge on any atom is 0.325 e. The van der Waals surface area contributed by atoms with Gasteiger partial charge < -0.3 is 10.4 Å². The minimum Gasteiger partial charge on any atom is -0.389 e. The Labute approximate surface area is 126 Å². The SMILES string of the molecule is CC1(C)NC(=O)N(C[C@@H](O)Cn2nnc3ccccc32)C1=O. The zero-order chi connectivity index (χ0) is 15.9. The number of hydrogen-bond acceptors (Lipinski definition) is 5. The van der Waals surface area contributed by atoms with E-state index in [1.807, 2.05) is 24.3 Å². The second kappa shape index (κ2) is 5.06. The van der Waals surface area contributed by atoms with E-state index in [0.29, 0.717) is 0 Å². The van der Waals surface area contributed by atoms with Crippen molar-refractivity contribution in [3.8, 4) is 0 Å². The molecule has 1 fully saturated rings. The fraction of sp³-hybridized carbons (Fsp3) is 0.429. The van der Waals surface area contributed by atoms with Crippen molar-refractivity contribution in [2.24, 2.45) is 0 Å². The topological polar surface area (TPSA) is 100 Å². The van der Waals surface area contributed by atoms with Crippen LogP contribution in [0.3, 0.4) is 0 Å². The molecule has 0 spiro atoms. The van der Waals surface area contributed by atoms with Gasteiger partial charge in [-0.1, -0.05) is 17.3 Å². The smallest absolute Gasteiger partial charge is 0.325 e. The first-order chi connectivity index (χ1) is 10.4. The molecule has 8 heteroatoms. The van der Waals surface area contributed by atoms with Crippen molar-refractivity contribution in [3.63, 3.8) is 0 Å². The lowest BCUT2D eigenvalue weighted by molar-refractivity contribution is -0.131. The minimum absolute atomic E-state index is 0.0811. The Balaban J connectivity index is 1.72. The molecular formula is C14H17N5O3. The number of hydrogen-bond donors (Lipinski definition) is 2. The lowest BCUT2D eigenvalue weighted by atomic mass is 10.1. The van der Waals surface area contributed by atoms with Gasteiger partial charge in [0.1, 0.15) is 11.1 Å². The number of carbonyl (C=O) groups excluding carboxylic acids is 2. The van der Waals surface area contributed by atoms with Gasteiger partial charge in [-0.2, -0.15) is 0 Å². The van der Waals surface area contributed by atoms with E-state index in [-0.39, 0.29) is 19.0 Å². The number of nitrogens with zero attached hydrogens (tertiary/aromatic N) is 4. The summed E-state index contributed by atoms with van der Waals surface area (Å²) in [5, 5.41) is 20.7. The predicted octanol–water partition coefficient (Wildman–Crippen LogP) is 0.123. The maximum atomic E-state index is 12.1. The lowest BCUT2D eigenvalue weighted by Gasteiger charge is -2.19. The molecule has 0 saturated carbocycles. The van der Waals surface area contributed by atoms with Crippen LogP contribution in [0.2, 0.25) is 0 Å². The number of para-hydroxylation sites is 1. The zero-order valence-electron chi connectivity index (χ0n) is 12.4. The summed E-state index contributed by atoms with van der Waals surface area (Å²) in [7, 11) is 0. The minimum atomic E-state index is -0.934. The number of carbonyl (C=O) groups is 2. The van der Waals surface area contributed by atoms with E-state index in [0.717, 1.165) is 15.9 Å². The van der Waals surface area contributed by atoms with Crippen LogP contribution in [0, 0.1) is 0 Å². The molecule has 22 heavy (non-hydrogen) atoms. The third kappa shape index (κ3) is 2.41. The molecule has 0 radical (unpaired) electrons. The molecule has 0 unspecified atom stereocenters. The normalized spacial score (nSPS) is 18.8. The average Bonchev–Trinajstić information content (AvgIpc) is 2.94. The number of aliphatic hydroxyl groups is 1. The number of amides is 3. The molecular weight excluding hydrogens is 286 g/mol. The summed E-state index contributed by atoms with van der Waals surface area (Å²) in [5.41, 5.74) is 0.585. The number of urea groups is 1. The first-order valence-electron chi connectivity index (χ1n) is 6.99. The van der Waals surface area contributed by atoms with Crippen LogP contribution in [0.4, 0.5) is 4.79 Å². The summed E-state index contributed by atoms with van der Waals surface area (Å²) in [6.07, 6.45) is -0.922. The third-order valence-corrected chi connectivity index (χ3v) is 3.64. The molecule has 0 bridgehead atoms. The molecule has 1 saturated heterocycles. The van der Waals surface area contributed by atoms with E-state index in [4.69, 9.17) is 0 Å². The van der Waals surface area contributed by atoms with Gasteiger partial charge in [0, 0.05) is 0 Å². The molecule has 2 aromatic rings. The van der Waals surface area contributed by atoms with Crippen LogP contribution in [0.5, 0.6) is 0 Å². The molecule has 1 aromatic carbocycles. The van der Waals surface area contributed by atoms with Gasteiger partial charge in [-0.25, -0.2) is 9.48 Å². The number of benzene rings is 1. The average molecular weight is 303 g/mol. The Morgan fingerprint density at radius 1 is 1.27 bits per heavy atom. The van der Waals surface area contributed by atoms with E-state index >= 15 is 0 Å². The van der Waals surface area contributed by atoms with Crippen molar-refractivity contribution in [1.82, 2.24) is 25.2 Å². The van der Waals surface area contributed by atoms with E-state index < -0.39 is 17.7 Å². The Hall–Kier alpha value is -2.48. The van der Waals surface area contributed by atoms with Crippen LogP contribution in [-0.2, 0) is 11.3 Å². The van der Waals surface area contributed by atoms with Gasteiger partial charge in [-0.3, -0.25) is 9.69 Å². The van der Waals surface area contributed by atoms with Crippen LogP contribution >= 0.6 is 0 Å². The van der Waals surface area contributed by atoms with Gasteiger partial charge in [0.05, 0.1) is 24.7 Å². The molecule has 3 rings (SSSR count). The first kappa shape index (κ1) is 14.5. The second-order valence-electron chi connectivity index (χ2n) is 5.89. The van der Waals surface area contributed by atoms with Crippen LogP contribution in [0.25, 0.3) is 11.0 Å². The standard InChI is InChI=1S/C14H17N5O3/c1-14(2)12(21)18(13(22)15-14)7-9(20)8-19-11-6-4-3-5-10(11)16-17-19/h3-6,9,20H,7-8H2,1-2H3,(H,15,22)/t9-/m1/s1. The maximum absolute atomic E-state index is 12.1. The molecule has 1 aliphatic heterocycles. The number of nitrogens with one attached hydrogen (secondary N) is 1. The van der Waals surface area contributed by atoms with Gasteiger partial charge in [-0.05, 0) is 26.0 Å². The van der Waals surface area contributed by atoms with Gasteiger partial charge in [0.2, 0.25) is 0 Å². The fourth-order valence-electron chi connectivity index (χ4n) is 2.50. The number of aromatic nitrogens is 3. The number of β-amino-alcohol motifs (C(OH)–C–C–N with tert-alkyl or cyclic N) is 1. The van der Waals surface area contributed by atoms with Crippen LogP contribution in [0.15, 0.2) is 24.3 Å². The molecule has 2 heterocycles. The van der Waals surface area contributed by atoms with Crippen molar-refractivity contribution in [1.29, 1.82) is 0 Å². The molecule has 1 atom stereocenters. The molecule has 2 N–H and O–H groups in total. The summed E-state index contributed by atoms with van der Waals surface area (Å²) in [6, 6.07) is 6.89. The summed E-state index contributed by atoms with van der Waals surface area (Å²) in [5.74, 6) is -0.347. The van der Waals surface area contributed by atoms with Crippen molar-refractivity contribution in [3.05, 3.63) is 24.3 Å². The van der Waals surface area contributed by atoms with Gasteiger partial charge in [-0.15, -0.1) is 5.10 Å². The number of fused-ring (bicyclic) bond motifs is 1. The molecule has 1 aliphatic rings. The highest BCUT2D eigenvalue weighted by Gasteiger charge is 2.44. The molecule has 0 aliphatic carbocycles. The highest BCUT2D eigenvalue weighted by atomic mass is 16.3. The zero-order valence-corrected chi connectivity index (χ0v) is 12.4. The molecule has 3 amide bonds. The quantitative estimate of drug-likeness (QED) is 0.782. The Morgan fingerprint density at radius 2 is 2.00 bits per heavy atom. The Kier molecular flexibility index (Phi) is 3.32. The molecule has 8 nitrogen and oxygen atoms in total. The number of rotatable bonds is 4. The third-order valence-electron chi connectivity index (χ3n) is 3.64. The van der Waals surface area contributed by atoms with Crippen molar-refractivity contribution >= 4 is 23.0 Å². The Bertz CT molecular complexity index is 739. The van der Waals surface area contributed by atoms with Crippen LogP contribution < -0.4 is 5.32 Å². The van der Waals surface area contributed by atoms with Gasteiger partial charge >= 0.3 is 6.03 Å². The van der Waals surface area contributed by atoms with Crippen LogP contribution in [-0.4, -0.2) is 55.1 Å².